The van der Waals surface area contributed by atoms with Crippen LogP contribution in [0.1, 0.15) is 18.1 Å². The van der Waals surface area contributed by atoms with E-state index in [-0.39, 0.29) is 13.0 Å². The molecule has 122 valence electrons. The van der Waals surface area contributed by atoms with E-state index in [1.807, 2.05) is 18.2 Å². The van der Waals surface area contributed by atoms with E-state index in [4.69, 9.17) is 21.4 Å². The van der Waals surface area contributed by atoms with Crippen molar-refractivity contribution in [3.63, 3.8) is 0 Å². The minimum absolute atomic E-state index is 0.0384. The number of carboxylic acid groups (broad SMARTS) is 1. The number of carboxylic acids is 1. The molecule has 0 aliphatic carbocycles. The summed E-state index contributed by atoms with van der Waals surface area (Å²) in [6.45, 7) is 2.25. The molecule has 1 aromatic carbocycles. The maximum Gasteiger partial charge on any atom is 0.320 e. The summed E-state index contributed by atoms with van der Waals surface area (Å²) in [5.41, 5.74) is 1.56. The number of rotatable bonds is 7. The van der Waals surface area contributed by atoms with Gasteiger partial charge in [-0.05, 0) is 30.5 Å². The molecule has 0 saturated carbocycles. The number of carbonyl (C=O) groups excluding carboxylic acids is 1. The molecular weight excluding hydrogens is 320 g/mol. The molecule has 0 saturated heterocycles. The molecule has 6 nitrogen and oxygen atoms in total. The largest absolute Gasteiger partial charge is 0.481 e. The molecule has 1 atom stereocenters. The number of hydrogen-bond acceptors (Lipinski definition) is 4. The first kappa shape index (κ1) is 17.0. The topological polar surface area (TPSA) is 81.4 Å². The Labute approximate surface area is 138 Å². The van der Waals surface area contributed by atoms with Crippen LogP contribution in [0.25, 0.3) is 0 Å². The molecule has 23 heavy (non-hydrogen) atoms. The van der Waals surface area contributed by atoms with E-state index in [2.05, 4.69) is 5.10 Å². The van der Waals surface area contributed by atoms with E-state index >= 15 is 0 Å². The van der Waals surface area contributed by atoms with Crippen LogP contribution in [0, 0.1) is 5.92 Å². The average molecular weight is 337 g/mol. The standard InChI is InChI=1S/C16H17ClN2O4/c1-2-23-16(22)13(15(20)21)7-11-8-18-19(9-11)10-12-5-3-4-6-14(12)17/h3-6,8-9,13H,2,7,10H2,1H3,(H,20,21). The Morgan fingerprint density at radius 3 is 2.78 bits per heavy atom. The fourth-order valence-corrected chi connectivity index (χ4v) is 2.34. The van der Waals surface area contributed by atoms with Crippen molar-refractivity contribution < 1.29 is 19.4 Å². The highest BCUT2D eigenvalue weighted by molar-refractivity contribution is 6.31. The van der Waals surface area contributed by atoms with Crippen LogP contribution in [0.2, 0.25) is 5.02 Å². The lowest BCUT2D eigenvalue weighted by atomic mass is 10.0. The number of hydrogen-bond donors (Lipinski definition) is 1. The van der Waals surface area contributed by atoms with Gasteiger partial charge in [0.2, 0.25) is 0 Å². The number of aromatic nitrogens is 2. The van der Waals surface area contributed by atoms with Gasteiger partial charge in [0, 0.05) is 11.2 Å². The number of carbonyl (C=O) groups is 2. The van der Waals surface area contributed by atoms with Crippen molar-refractivity contribution >= 4 is 23.5 Å². The third-order valence-corrected chi connectivity index (χ3v) is 3.65. The fraction of sp³-hybridized carbons (Fsp3) is 0.312. The predicted octanol–water partition coefficient (Wildman–Crippen LogP) is 2.39. The van der Waals surface area contributed by atoms with Crippen LogP contribution < -0.4 is 0 Å². The first-order valence-corrected chi connectivity index (χ1v) is 7.53. The molecule has 0 fully saturated rings. The van der Waals surface area contributed by atoms with Crippen LogP contribution in [-0.4, -0.2) is 33.4 Å². The second-order valence-electron chi connectivity index (χ2n) is 4.98. The Bertz CT molecular complexity index is 699. The molecule has 1 unspecified atom stereocenters. The number of nitrogens with zero attached hydrogens (tertiary/aromatic N) is 2. The summed E-state index contributed by atoms with van der Waals surface area (Å²) >= 11 is 6.10. The zero-order valence-corrected chi connectivity index (χ0v) is 13.4. The lowest BCUT2D eigenvalue weighted by Crippen LogP contribution is -2.27. The van der Waals surface area contributed by atoms with Gasteiger partial charge >= 0.3 is 11.9 Å². The van der Waals surface area contributed by atoms with Gasteiger partial charge in [-0.1, -0.05) is 29.8 Å². The van der Waals surface area contributed by atoms with Crippen molar-refractivity contribution in [2.45, 2.75) is 19.9 Å². The van der Waals surface area contributed by atoms with Gasteiger partial charge in [0.1, 0.15) is 0 Å². The highest BCUT2D eigenvalue weighted by atomic mass is 35.5. The van der Waals surface area contributed by atoms with E-state index in [9.17, 15) is 9.59 Å². The molecule has 2 rings (SSSR count). The average Bonchev–Trinajstić information content (AvgIpc) is 2.94. The van der Waals surface area contributed by atoms with Crippen molar-refractivity contribution in [1.29, 1.82) is 0 Å². The molecule has 0 spiro atoms. The van der Waals surface area contributed by atoms with Gasteiger partial charge in [-0.25, -0.2) is 0 Å². The summed E-state index contributed by atoms with van der Waals surface area (Å²) in [6, 6.07) is 7.41. The Kier molecular flexibility index (Phi) is 5.76. The lowest BCUT2D eigenvalue weighted by molar-refractivity contribution is -0.158. The van der Waals surface area contributed by atoms with Gasteiger partial charge in [0.05, 0.1) is 19.3 Å². The van der Waals surface area contributed by atoms with Crippen LogP contribution in [-0.2, 0) is 27.3 Å². The Morgan fingerprint density at radius 2 is 2.13 bits per heavy atom. The highest BCUT2D eigenvalue weighted by Gasteiger charge is 2.28. The second-order valence-corrected chi connectivity index (χ2v) is 5.39. The van der Waals surface area contributed by atoms with E-state index in [0.717, 1.165) is 5.56 Å². The van der Waals surface area contributed by atoms with Crippen LogP contribution in [0.3, 0.4) is 0 Å². The molecule has 1 heterocycles. The van der Waals surface area contributed by atoms with E-state index in [1.165, 1.54) is 0 Å². The van der Waals surface area contributed by atoms with E-state index in [0.29, 0.717) is 17.1 Å². The summed E-state index contributed by atoms with van der Waals surface area (Å²) in [7, 11) is 0. The van der Waals surface area contributed by atoms with Crippen molar-refractivity contribution in [2.24, 2.45) is 5.92 Å². The molecule has 2 aromatic rings. The normalized spacial score (nSPS) is 11.9. The molecule has 7 heteroatoms. The molecule has 0 radical (unpaired) electrons. The molecular formula is C16H17ClN2O4. The van der Waals surface area contributed by atoms with Crippen molar-refractivity contribution in [3.05, 3.63) is 52.8 Å². The zero-order chi connectivity index (χ0) is 16.8. The Hall–Kier alpha value is -2.34. The monoisotopic (exact) mass is 336 g/mol. The number of ether oxygens (including phenoxy) is 1. The van der Waals surface area contributed by atoms with E-state index in [1.54, 1.807) is 30.1 Å². The third-order valence-electron chi connectivity index (χ3n) is 3.29. The maximum atomic E-state index is 11.7. The number of esters is 1. The van der Waals surface area contributed by atoms with Crippen LogP contribution in [0.15, 0.2) is 36.7 Å². The third kappa shape index (κ3) is 4.56. The van der Waals surface area contributed by atoms with Gasteiger partial charge in [-0.3, -0.25) is 14.3 Å². The molecule has 0 amide bonds. The molecule has 1 N–H and O–H groups in total. The van der Waals surface area contributed by atoms with Crippen LogP contribution in [0.4, 0.5) is 0 Å². The lowest BCUT2D eigenvalue weighted by Gasteiger charge is -2.09. The minimum Gasteiger partial charge on any atom is -0.481 e. The summed E-state index contributed by atoms with van der Waals surface area (Å²) in [5.74, 6) is -3.17. The summed E-state index contributed by atoms with van der Waals surface area (Å²) in [5, 5.41) is 14.0. The van der Waals surface area contributed by atoms with E-state index < -0.39 is 17.9 Å². The Balaban J connectivity index is 2.08. The summed E-state index contributed by atoms with van der Waals surface area (Å²) in [6.07, 6.45) is 3.29. The maximum absolute atomic E-state index is 11.7. The zero-order valence-electron chi connectivity index (χ0n) is 12.6. The quantitative estimate of drug-likeness (QED) is 0.620. The second kappa shape index (κ2) is 7.78. The van der Waals surface area contributed by atoms with Gasteiger partial charge in [0.25, 0.3) is 0 Å². The fourth-order valence-electron chi connectivity index (χ4n) is 2.15. The molecule has 0 aliphatic rings. The summed E-state index contributed by atoms with van der Waals surface area (Å²) in [4.78, 5) is 22.9. The van der Waals surface area contributed by atoms with Gasteiger partial charge in [0.15, 0.2) is 5.92 Å². The molecule has 0 aliphatic heterocycles. The number of aliphatic carboxylic acids is 1. The van der Waals surface area contributed by atoms with Gasteiger partial charge in [-0.15, -0.1) is 0 Å². The number of benzene rings is 1. The van der Waals surface area contributed by atoms with Crippen LogP contribution in [0.5, 0.6) is 0 Å². The SMILES string of the molecule is CCOC(=O)C(Cc1cnn(Cc2ccccc2Cl)c1)C(=O)O. The predicted molar refractivity (Wildman–Crippen MR) is 84.2 cm³/mol. The van der Waals surface area contributed by atoms with Gasteiger partial charge < -0.3 is 9.84 Å². The minimum atomic E-state index is -1.23. The molecule has 1 aromatic heterocycles. The van der Waals surface area contributed by atoms with Crippen molar-refractivity contribution in [3.8, 4) is 0 Å². The van der Waals surface area contributed by atoms with Gasteiger partial charge in [-0.2, -0.15) is 5.10 Å². The smallest absolute Gasteiger partial charge is 0.320 e. The highest BCUT2D eigenvalue weighted by Crippen LogP contribution is 2.17. The summed E-state index contributed by atoms with van der Waals surface area (Å²) < 4.78 is 6.44. The Morgan fingerprint density at radius 1 is 1.39 bits per heavy atom. The number of halogens is 1. The first-order valence-electron chi connectivity index (χ1n) is 7.15. The van der Waals surface area contributed by atoms with Crippen LogP contribution >= 0.6 is 11.6 Å². The van der Waals surface area contributed by atoms with Crippen molar-refractivity contribution in [1.82, 2.24) is 9.78 Å². The van der Waals surface area contributed by atoms with Crippen molar-refractivity contribution in [2.75, 3.05) is 6.61 Å². The first-order chi connectivity index (χ1) is 11.0. The molecule has 0 bridgehead atoms.